The van der Waals surface area contributed by atoms with Crippen molar-refractivity contribution in [2.45, 2.75) is 20.8 Å². The van der Waals surface area contributed by atoms with Gasteiger partial charge in [-0.3, -0.25) is 25.4 Å². The van der Waals surface area contributed by atoms with Gasteiger partial charge >= 0.3 is 11.9 Å². The van der Waals surface area contributed by atoms with Gasteiger partial charge in [-0.2, -0.15) is 0 Å². The highest BCUT2D eigenvalue weighted by atomic mass is 16.7. The van der Waals surface area contributed by atoms with Crippen molar-refractivity contribution < 1.29 is 23.7 Å². The van der Waals surface area contributed by atoms with Crippen LogP contribution in [0, 0.1) is 17.7 Å². The second-order valence-electron chi connectivity index (χ2n) is 6.77. The van der Waals surface area contributed by atoms with Crippen LogP contribution in [-0.4, -0.2) is 28.6 Å². The maximum absolute atomic E-state index is 10.9. The van der Waals surface area contributed by atoms with Crippen molar-refractivity contribution in [3.63, 3.8) is 0 Å². The summed E-state index contributed by atoms with van der Waals surface area (Å²) in [5, 5.41) is 15.8. The summed E-state index contributed by atoms with van der Waals surface area (Å²) in [6.45, 7) is 4.36. The minimum atomic E-state index is -0.553. The number of pyridine rings is 1. The first-order chi connectivity index (χ1) is 15.2. The summed E-state index contributed by atoms with van der Waals surface area (Å²) in [6.07, 6.45) is 1.47. The molecule has 4 N–H and O–H groups in total. The summed E-state index contributed by atoms with van der Waals surface area (Å²) in [5.41, 5.74) is 7.81. The average Bonchev–Trinajstić information content (AvgIpc) is 3.25. The Hall–Kier alpha value is -4.47. The molecule has 0 atom stereocenters. The van der Waals surface area contributed by atoms with Crippen molar-refractivity contribution in [3.05, 3.63) is 65.4 Å². The van der Waals surface area contributed by atoms with Gasteiger partial charge in [-0.15, -0.1) is 0 Å². The molecule has 0 aliphatic carbocycles. The van der Waals surface area contributed by atoms with E-state index in [2.05, 4.69) is 25.6 Å². The van der Waals surface area contributed by atoms with Crippen LogP contribution in [0.2, 0.25) is 0 Å². The molecule has 0 spiro atoms. The lowest BCUT2D eigenvalue weighted by Gasteiger charge is -2.09. The van der Waals surface area contributed by atoms with E-state index >= 15 is 0 Å². The highest BCUT2D eigenvalue weighted by Crippen LogP contribution is 2.30. The van der Waals surface area contributed by atoms with Crippen LogP contribution in [0.15, 0.2) is 53.1 Å². The molecule has 0 aliphatic rings. The predicted octanol–water partition coefficient (Wildman–Crippen LogP) is 3.10. The van der Waals surface area contributed by atoms with E-state index in [-0.39, 0.29) is 11.7 Å². The summed E-state index contributed by atoms with van der Waals surface area (Å²) in [6, 6.07) is 12.3. The van der Waals surface area contributed by atoms with E-state index in [4.69, 9.17) is 15.2 Å². The third kappa shape index (κ3) is 5.36. The van der Waals surface area contributed by atoms with E-state index in [1.54, 1.807) is 30.3 Å². The molecule has 3 aromatic rings. The number of carbonyl (C=O) groups excluding carboxylic acids is 2. The zero-order valence-electron chi connectivity index (χ0n) is 17.6. The molecule has 0 bridgehead atoms. The number of hydroxylamine groups is 2. The van der Waals surface area contributed by atoms with Crippen molar-refractivity contribution in [1.82, 2.24) is 15.9 Å². The smallest absolute Gasteiger partial charge is 0.329 e. The minimum absolute atomic E-state index is 0.0342. The molecule has 10 nitrogen and oxygen atoms in total. The van der Waals surface area contributed by atoms with Gasteiger partial charge in [0.25, 0.3) is 0 Å². The van der Waals surface area contributed by atoms with Gasteiger partial charge in [0.15, 0.2) is 17.4 Å². The van der Waals surface area contributed by atoms with E-state index in [1.807, 2.05) is 19.1 Å². The molecule has 0 fully saturated rings. The quantitative estimate of drug-likeness (QED) is 0.277. The number of hydrogen-bond acceptors (Lipinski definition) is 8. The topological polar surface area (TPSA) is 150 Å². The van der Waals surface area contributed by atoms with Crippen LogP contribution in [0.3, 0.4) is 0 Å². The van der Waals surface area contributed by atoms with Gasteiger partial charge in [0.05, 0.1) is 0 Å². The molecule has 0 aliphatic heterocycles. The van der Waals surface area contributed by atoms with E-state index in [1.165, 1.54) is 20.0 Å². The number of amidine groups is 2. The third-order valence-electron chi connectivity index (χ3n) is 4.28. The Morgan fingerprint density at radius 1 is 0.875 bits per heavy atom. The average molecular weight is 435 g/mol. The van der Waals surface area contributed by atoms with Crippen LogP contribution < -0.4 is 11.0 Å². The summed E-state index contributed by atoms with van der Waals surface area (Å²) in [5.74, 6) is -0.0528. The Kier molecular flexibility index (Phi) is 6.64. The minimum Gasteiger partial charge on any atom is -0.454 e. The highest BCUT2D eigenvalue weighted by Gasteiger charge is 2.13. The molecule has 2 heterocycles. The van der Waals surface area contributed by atoms with Crippen LogP contribution in [0.4, 0.5) is 0 Å². The number of furan rings is 1. The largest absolute Gasteiger partial charge is 0.454 e. The Balaban J connectivity index is 1.74. The monoisotopic (exact) mass is 435 g/mol. The van der Waals surface area contributed by atoms with E-state index in [0.717, 1.165) is 11.1 Å². The molecule has 2 aromatic heterocycles. The molecular formula is C22H21N5O5. The van der Waals surface area contributed by atoms with Crippen molar-refractivity contribution in [2.24, 2.45) is 0 Å². The normalized spacial score (nSPS) is 10.2. The molecule has 164 valence electrons. The second-order valence-corrected chi connectivity index (χ2v) is 6.77. The Bertz CT molecular complexity index is 1180. The molecule has 0 radical (unpaired) electrons. The lowest BCUT2D eigenvalue weighted by atomic mass is 10.0. The van der Waals surface area contributed by atoms with Crippen molar-refractivity contribution in [3.8, 4) is 22.8 Å². The van der Waals surface area contributed by atoms with Gasteiger partial charge in [0.2, 0.25) is 0 Å². The summed E-state index contributed by atoms with van der Waals surface area (Å²) < 4.78 is 5.96. The first-order valence-corrected chi connectivity index (χ1v) is 9.46. The summed E-state index contributed by atoms with van der Waals surface area (Å²) >= 11 is 0. The fourth-order valence-corrected chi connectivity index (χ4v) is 2.77. The molecule has 1 aromatic carbocycles. The van der Waals surface area contributed by atoms with Crippen LogP contribution in [0.5, 0.6) is 0 Å². The number of carbonyl (C=O) groups is 2. The van der Waals surface area contributed by atoms with Crippen LogP contribution in [-0.2, 0) is 19.3 Å². The number of nitrogens with one attached hydrogen (secondary N) is 4. The van der Waals surface area contributed by atoms with Crippen molar-refractivity contribution in [1.29, 1.82) is 10.8 Å². The van der Waals surface area contributed by atoms with Gasteiger partial charge in [-0.05, 0) is 42.8 Å². The van der Waals surface area contributed by atoms with E-state index in [9.17, 15) is 9.59 Å². The van der Waals surface area contributed by atoms with Crippen molar-refractivity contribution >= 4 is 23.6 Å². The Morgan fingerprint density at radius 3 is 2.03 bits per heavy atom. The summed E-state index contributed by atoms with van der Waals surface area (Å²) in [4.78, 5) is 35.2. The standard InChI is InChI=1S/C22H21N5O5/c1-12-10-15(21(23)26-31-13(2)28)4-6-17(12)19-8-9-20(30-19)18-7-5-16(11-25-18)22(24)27-32-14(3)29/h4-11H,1-3H3,(H2,23,26)(H2,24,27). The number of benzene rings is 1. The predicted molar refractivity (Wildman–Crippen MR) is 116 cm³/mol. The fourth-order valence-electron chi connectivity index (χ4n) is 2.77. The number of aromatic nitrogens is 1. The van der Waals surface area contributed by atoms with Crippen molar-refractivity contribution in [2.75, 3.05) is 0 Å². The number of rotatable bonds is 4. The van der Waals surface area contributed by atoms with Crippen LogP contribution >= 0.6 is 0 Å². The van der Waals surface area contributed by atoms with Gasteiger partial charge < -0.3 is 14.1 Å². The number of aryl methyl sites for hydroxylation is 1. The SMILES string of the molecule is CC(=O)ONC(=N)c1ccc(-c2ccc(-c3ccc(C(=N)NOC(C)=O)cc3C)o2)nc1. The molecule has 32 heavy (non-hydrogen) atoms. The molecular weight excluding hydrogens is 414 g/mol. The number of nitrogens with zero attached hydrogens (tertiary/aromatic N) is 1. The first-order valence-electron chi connectivity index (χ1n) is 9.46. The Morgan fingerprint density at radius 2 is 1.47 bits per heavy atom. The number of hydrogen-bond donors (Lipinski definition) is 4. The van der Waals surface area contributed by atoms with E-state index < -0.39 is 11.9 Å². The van der Waals surface area contributed by atoms with Crippen LogP contribution in [0.25, 0.3) is 22.8 Å². The molecule has 0 saturated heterocycles. The second kappa shape index (κ2) is 9.56. The molecule has 10 heteroatoms. The lowest BCUT2D eigenvalue weighted by molar-refractivity contribution is -0.145. The Labute approximate surface area is 183 Å². The van der Waals surface area contributed by atoms with Gasteiger partial charge in [0.1, 0.15) is 11.5 Å². The molecule has 0 saturated carbocycles. The third-order valence-corrected chi connectivity index (χ3v) is 4.28. The lowest BCUT2D eigenvalue weighted by Crippen LogP contribution is -2.25. The van der Waals surface area contributed by atoms with Gasteiger partial charge in [-0.1, -0.05) is 12.1 Å². The zero-order chi connectivity index (χ0) is 23.3. The maximum atomic E-state index is 10.9. The highest BCUT2D eigenvalue weighted by molar-refractivity contribution is 5.97. The fraction of sp³-hybridized carbons (Fsp3) is 0.136. The first kappa shape index (κ1) is 22.2. The van der Waals surface area contributed by atoms with E-state index in [0.29, 0.717) is 28.3 Å². The summed E-state index contributed by atoms with van der Waals surface area (Å²) in [7, 11) is 0. The molecule has 0 amide bonds. The van der Waals surface area contributed by atoms with Gasteiger partial charge in [-0.25, -0.2) is 11.0 Å². The molecule has 0 unspecified atom stereocenters. The maximum Gasteiger partial charge on any atom is 0.329 e. The van der Waals surface area contributed by atoms with Crippen LogP contribution in [0.1, 0.15) is 30.5 Å². The molecule has 3 rings (SSSR count). The zero-order valence-corrected chi connectivity index (χ0v) is 17.6. The van der Waals surface area contributed by atoms with Gasteiger partial charge in [0, 0.05) is 36.7 Å².